The maximum atomic E-state index is 12.9. The van der Waals surface area contributed by atoms with Gasteiger partial charge in [0.05, 0.1) is 23.0 Å². The van der Waals surface area contributed by atoms with Crippen LogP contribution in [0, 0.1) is 0 Å². The number of aryl methyl sites for hydroxylation is 1. The van der Waals surface area contributed by atoms with E-state index in [0.717, 1.165) is 10.7 Å². The molecule has 0 aliphatic heterocycles. The summed E-state index contributed by atoms with van der Waals surface area (Å²) in [5.74, 6) is -1.09. The predicted octanol–water partition coefficient (Wildman–Crippen LogP) is 1.72. The lowest BCUT2D eigenvalue weighted by Crippen LogP contribution is -2.20. The summed E-state index contributed by atoms with van der Waals surface area (Å²) in [5.41, 5.74) is -1.35. The largest absolute Gasteiger partial charge is 0.433 e. The molecule has 25 heavy (non-hydrogen) atoms. The fourth-order valence-corrected chi connectivity index (χ4v) is 2.02. The smallest absolute Gasteiger partial charge is 0.289 e. The van der Waals surface area contributed by atoms with Crippen molar-refractivity contribution < 1.29 is 18.0 Å². The van der Waals surface area contributed by atoms with Crippen molar-refractivity contribution in [1.29, 1.82) is 0 Å². The highest BCUT2D eigenvalue weighted by atomic mass is 35.5. The fourth-order valence-electron chi connectivity index (χ4n) is 1.88. The molecule has 0 spiro atoms. The Morgan fingerprint density at radius 1 is 1.32 bits per heavy atom. The van der Waals surface area contributed by atoms with Gasteiger partial charge in [0.2, 0.25) is 5.95 Å². The van der Waals surface area contributed by atoms with Crippen molar-refractivity contribution in [2.75, 3.05) is 5.32 Å². The summed E-state index contributed by atoms with van der Waals surface area (Å²) in [6.45, 7) is 0. The van der Waals surface area contributed by atoms with E-state index in [2.05, 4.69) is 30.9 Å². The Morgan fingerprint density at radius 3 is 2.64 bits per heavy atom. The molecule has 0 radical (unpaired) electrons. The average Bonchev–Trinajstić information content (AvgIpc) is 3.15. The molecule has 3 aromatic heterocycles. The fraction of sp³-hybridized carbons (Fsp3) is 0.167. The van der Waals surface area contributed by atoms with E-state index >= 15 is 0 Å². The average molecular weight is 373 g/mol. The Kier molecular flexibility index (Phi) is 4.12. The molecular formula is C12H8ClF3N8O. The van der Waals surface area contributed by atoms with Crippen molar-refractivity contribution in [3.63, 3.8) is 0 Å². The molecule has 13 heteroatoms. The van der Waals surface area contributed by atoms with E-state index in [0.29, 0.717) is 6.07 Å². The molecule has 1 amide bonds. The lowest BCUT2D eigenvalue weighted by atomic mass is 10.2. The van der Waals surface area contributed by atoms with Crippen LogP contribution in [0.3, 0.4) is 0 Å². The molecule has 0 aliphatic carbocycles. The molecule has 3 rings (SSSR count). The van der Waals surface area contributed by atoms with Crippen LogP contribution < -0.4 is 5.32 Å². The number of halogens is 4. The van der Waals surface area contributed by atoms with Crippen LogP contribution in [0.4, 0.5) is 19.1 Å². The number of tetrazole rings is 1. The van der Waals surface area contributed by atoms with Gasteiger partial charge in [0.1, 0.15) is 5.69 Å². The number of carbonyl (C=O) groups excluding carboxylic acids is 1. The van der Waals surface area contributed by atoms with Crippen molar-refractivity contribution >= 4 is 23.5 Å². The first-order valence-electron chi connectivity index (χ1n) is 6.58. The summed E-state index contributed by atoms with van der Waals surface area (Å²) in [7, 11) is 1.48. The van der Waals surface area contributed by atoms with E-state index in [1.165, 1.54) is 24.1 Å². The Balaban J connectivity index is 2.06. The maximum absolute atomic E-state index is 12.9. The number of carbonyl (C=O) groups is 1. The van der Waals surface area contributed by atoms with Gasteiger partial charge in [-0.15, -0.1) is 0 Å². The number of hydrogen-bond acceptors (Lipinski definition) is 6. The SMILES string of the molecule is Cn1nnnc1NC(=O)c1ccc(C(F)(F)F)nc1-n1cc(Cl)cn1. The zero-order valence-corrected chi connectivity index (χ0v) is 13.1. The maximum Gasteiger partial charge on any atom is 0.433 e. The monoisotopic (exact) mass is 372 g/mol. The minimum Gasteiger partial charge on any atom is -0.289 e. The molecule has 0 aromatic carbocycles. The number of amides is 1. The minimum absolute atomic E-state index is 0.00865. The number of hydrogen-bond donors (Lipinski definition) is 1. The second-order valence-electron chi connectivity index (χ2n) is 4.75. The normalized spacial score (nSPS) is 11.6. The van der Waals surface area contributed by atoms with Gasteiger partial charge in [0.25, 0.3) is 5.91 Å². The molecule has 3 aromatic rings. The quantitative estimate of drug-likeness (QED) is 0.750. The van der Waals surface area contributed by atoms with E-state index in [-0.39, 0.29) is 22.4 Å². The van der Waals surface area contributed by atoms with Crippen LogP contribution in [-0.2, 0) is 13.2 Å². The zero-order chi connectivity index (χ0) is 18.2. The standard InChI is InChI=1S/C12H8ClF3N8O/c1-23-11(20-21-22-23)19-10(25)7-2-3-8(12(14,15)16)18-9(7)24-5-6(13)4-17-24/h2-5H,1H3,(H,19,20,22,25). The summed E-state index contributed by atoms with van der Waals surface area (Å²) in [4.78, 5) is 15.9. The van der Waals surface area contributed by atoms with Crippen LogP contribution in [0.1, 0.15) is 16.1 Å². The molecule has 0 saturated heterocycles. The second kappa shape index (κ2) is 6.12. The van der Waals surface area contributed by atoms with Gasteiger partial charge in [-0.2, -0.15) is 18.3 Å². The Hall–Kier alpha value is -3.02. The summed E-state index contributed by atoms with van der Waals surface area (Å²) in [5, 5.41) is 16.8. The highest BCUT2D eigenvalue weighted by Gasteiger charge is 2.34. The third-order valence-corrected chi connectivity index (χ3v) is 3.22. The number of rotatable bonds is 3. The van der Waals surface area contributed by atoms with Crippen LogP contribution in [0.5, 0.6) is 0 Å². The molecule has 0 fully saturated rings. The third-order valence-electron chi connectivity index (χ3n) is 3.02. The predicted molar refractivity (Wildman–Crippen MR) is 78.1 cm³/mol. The molecule has 0 saturated carbocycles. The van der Waals surface area contributed by atoms with Crippen molar-refractivity contribution in [3.05, 3.63) is 40.8 Å². The van der Waals surface area contributed by atoms with Crippen LogP contribution in [0.15, 0.2) is 24.5 Å². The first kappa shape index (κ1) is 16.8. The van der Waals surface area contributed by atoms with Gasteiger partial charge in [-0.05, 0) is 22.6 Å². The molecule has 3 heterocycles. The van der Waals surface area contributed by atoms with Gasteiger partial charge in [0.15, 0.2) is 5.82 Å². The van der Waals surface area contributed by atoms with Crippen molar-refractivity contribution in [1.82, 2.24) is 35.0 Å². The number of pyridine rings is 1. The van der Waals surface area contributed by atoms with E-state index in [9.17, 15) is 18.0 Å². The highest BCUT2D eigenvalue weighted by molar-refractivity contribution is 6.30. The molecule has 0 aliphatic rings. The number of anilines is 1. The lowest BCUT2D eigenvalue weighted by molar-refractivity contribution is -0.141. The van der Waals surface area contributed by atoms with Gasteiger partial charge in [-0.1, -0.05) is 16.7 Å². The molecule has 0 bridgehead atoms. The van der Waals surface area contributed by atoms with Gasteiger partial charge >= 0.3 is 6.18 Å². The summed E-state index contributed by atoms with van der Waals surface area (Å²) >= 11 is 5.74. The first-order valence-corrected chi connectivity index (χ1v) is 6.96. The van der Waals surface area contributed by atoms with Crippen molar-refractivity contribution in [2.45, 2.75) is 6.18 Å². The Labute approximate surface area is 142 Å². The van der Waals surface area contributed by atoms with Crippen LogP contribution in [0.2, 0.25) is 5.02 Å². The van der Waals surface area contributed by atoms with Gasteiger partial charge in [0, 0.05) is 7.05 Å². The zero-order valence-electron chi connectivity index (χ0n) is 12.4. The number of aromatic nitrogens is 7. The molecule has 130 valence electrons. The summed E-state index contributed by atoms with van der Waals surface area (Å²) in [6, 6.07) is 1.68. The van der Waals surface area contributed by atoms with E-state index in [1.54, 1.807) is 0 Å². The molecule has 0 unspecified atom stereocenters. The first-order chi connectivity index (χ1) is 11.8. The van der Waals surface area contributed by atoms with Crippen molar-refractivity contribution in [3.8, 4) is 5.82 Å². The summed E-state index contributed by atoms with van der Waals surface area (Å²) in [6.07, 6.45) is -2.25. The van der Waals surface area contributed by atoms with Gasteiger partial charge in [-0.25, -0.2) is 14.3 Å². The minimum atomic E-state index is -4.69. The third kappa shape index (κ3) is 3.42. The molecule has 9 nitrogen and oxygen atoms in total. The van der Waals surface area contributed by atoms with Gasteiger partial charge in [-0.3, -0.25) is 10.1 Å². The topological polar surface area (TPSA) is 103 Å². The number of alkyl halides is 3. The summed E-state index contributed by atoms with van der Waals surface area (Å²) < 4.78 is 40.9. The second-order valence-corrected chi connectivity index (χ2v) is 5.19. The number of nitrogens with zero attached hydrogens (tertiary/aromatic N) is 7. The van der Waals surface area contributed by atoms with Crippen molar-refractivity contribution in [2.24, 2.45) is 7.05 Å². The Morgan fingerprint density at radius 2 is 2.08 bits per heavy atom. The van der Waals surface area contributed by atoms with Crippen LogP contribution in [0.25, 0.3) is 5.82 Å². The highest BCUT2D eigenvalue weighted by Crippen LogP contribution is 2.29. The van der Waals surface area contributed by atoms with Crippen LogP contribution in [-0.4, -0.2) is 40.9 Å². The van der Waals surface area contributed by atoms with E-state index in [1.807, 2.05) is 0 Å². The van der Waals surface area contributed by atoms with Crippen LogP contribution >= 0.6 is 11.6 Å². The Bertz CT molecular complexity index is 935. The molecule has 0 atom stereocenters. The van der Waals surface area contributed by atoms with Gasteiger partial charge < -0.3 is 0 Å². The molecular weight excluding hydrogens is 365 g/mol. The molecule has 1 N–H and O–H groups in total. The van der Waals surface area contributed by atoms with E-state index < -0.39 is 17.8 Å². The number of nitrogens with one attached hydrogen (secondary N) is 1. The lowest BCUT2D eigenvalue weighted by Gasteiger charge is -2.12. The van der Waals surface area contributed by atoms with E-state index in [4.69, 9.17) is 11.6 Å².